The molecule has 0 saturated heterocycles. The average molecular weight is 259 g/mol. The number of hydrogen-bond acceptors (Lipinski definition) is 3. The molecule has 0 saturated carbocycles. The minimum absolute atomic E-state index is 0.0478. The van der Waals surface area contributed by atoms with Gasteiger partial charge in [-0.05, 0) is 30.5 Å². The Hall–Kier alpha value is -0.770. The van der Waals surface area contributed by atoms with E-state index in [4.69, 9.17) is 21.4 Å². The van der Waals surface area contributed by atoms with E-state index in [1.807, 2.05) is 13.8 Å². The maximum Gasteiger partial charge on any atom is 0.138 e. The number of aliphatic hydroxyl groups excluding tert-OH is 1. The summed E-state index contributed by atoms with van der Waals surface area (Å²) in [7, 11) is 0. The van der Waals surface area contributed by atoms with E-state index in [9.17, 15) is 5.11 Å². The van der Waals surface area contributed by atoms with Crippen LogP contribution in [0.1, 0.15) is 32.3 Å². The van der Waals surface area contributed by atoms with Gasteiger partial charge in [-0.25, -0.2) is 0 Å². The van der Waals surface area contributed by atoms with Gasteiger partial charge in [-0.2, -0.15) is 0 Å². The van der Waals surface area contributed by atoms with Gasteiger partial charge < -0.3 is 14.9 Å². The molecule has 1 rings (SSSR count). The van der Waals surface area contributed by atoms with Gasteiger partial charge in [0.2, 0.25) is 0 Å². The molecule has 0 aliphatic rings. The third-order valence-electron chi connectivity index (χ3n) is 2.99. The van der Waals surface area contributed by atoms with Crippen LogP contribution in [0.15, 0.2) is 18.2 Å². The standard InChI is InChI=1S/C13H19ClO3/c1-3-13(16,4-2)9-17-12-6-5-10(8-15)7-11(12)14/h5-7,15-16H,3-4,8-9H2,1-2H3. The molecule has 0 radical (unpaired) electrons. The van der Waals surface area contributed by atoms with Crippen molar-refractivity contribution in [2.24, 2.45) is 0 Å². The molecule has 2 N–H and O–H groups in total. The van der Waals surface area contributed by atoms with Crippen molar-refractivity contribution < 1.29 is 14.9 Å². The van der Waals surface area contributed by atoms with Crippen LogP contribution in [0.2, 0.25) is 5.02 Å². The second-order valence-electron chi connectivity index (χ2n) is 4.14. The molecule has 0 heterocycles. The summed E-state index contributed by atoms with van der Waals surface area (Å²) in [5.74, 6) is 0.532. The average Bonchev–Trinajstić information content (AvgIpc) is 2.36. The molecule has 0 bridgehead atoms. The molecular weight excluding hydrogens is 240 g/mol. The molecule has 0 atom stereocenters. The van der Waals surface area contributed by atoms with Crippen molar-refractivity contribution in [3.05, 3.63) is 28.8 Å². The lowest BCUT2D eigenvalue weighted by atomic mass is 9.99. The molecule has 96 valence electrons. The number of halogens is 1. The number of ether oxygens (including phenoxy) is 1. The Morgan fingerprint density at radius 3 is 2.41 bits per heavy atom. The predicted octanol–water partition coefficient (Wildman–Crippen LogP) is 2.76. The van der Waals surface area contributed by atoms with Crippen molar-refractivity contribution in [3.8, 4) is 5.75 Å². The highest BCUT2D eigenvalue weighted by molar-refractivity contribution is 6.32. The van der Waals surface area contributed by atoms with E-state index >= 15 is 0 Å². The van der Waals surface area contributed by atoms with E-state index in [1.54, 1.807) is 18.2 Å². The van der Waals surface area contributed by atoms with Crippen LogP contribution in [0, 0.1) is 0 Å². The van der Waals surface area contributed by atoms with E-state index in [1.165, 1.54) is 0 Å². The summed E-state index contributed by atoms with van der Waals surface area (Å²) in [5.41, 5.74) is -0.0671. The topological polar surface area (TPSA) is 49.7 Å². The van der Waals surface area contributed by atoms with E-state index in [0.29, 0.717) is 23.6 Å². The van der Waals surface area contributed by atoms with Crippen LogP contribution in [-0.2, 0) is 6.61 Å². The van der Waals surface area contributed by atoms with E-state index in [0.717, 1.165) is 5.56 Å². The van der Waals surface area contributed by atoms with E-state index in [-0.39, 0.29) is 13.2 Å². The molecule has 0 unspecified atom stereocenters. The molecule has 1 aromatic rings. The lowest BCUT2D eigenvalue weighted by molar-refractivity contribution is -0.0113. The molecule has 17 heavy (non-hydrogen) atoms. The van der Waals surface area contributed by atoms with Crippen molar-refractivity contribution in [2.75, 3.05) is 6.61 Å². The maximum absolute atomic E-state index is 10.1. The molecule has 0 aromatic heterocycles. The van der Waals surface area contributed by atoms with Gasteiger partial charge in [0.1, 0.15) is 12.4 Å². The molecule has 0 aliphatic heterocycles. The van der Waals surface area contributed by atoms with Gasteiger partial charge >= 0.3 is 0 Å². The monoisotopic (exact) mass is 258 g/mol. The van der Waals surface area contributed by atoms with Gasteiger partial charge in [-0.3, -0.25) is 0 Å². The smallest absolute Gasteiger partial charge is 0.138 e. The Bertz CT molecular complexity index is 362. The Morgan fingerprint density at radius 2 is 1.94 bits per heavy atom. The SMILES string of the molecule is CCC(O)(CC)COc1ccc(CO)cc1Cl. The van der Waals surface area contributed by atoms with Gasteiger partial charge in [0, 0.05) is 0 Å². The Labute approximate surface area is 107 Å². The largest absolute Gasteiger partial charge is 0.489 e. The normalized spacial score (nSPS) is 11.6. The fourth-order valence-electron chi connectivity index (χ4n) is 1.43. The predicted molar refractivity (Wildman–Crippen MR) is 68.4 cm³/mol. The summed E-state index contributed by atoms with van der Waals surface area (Å²) < 4.78 is 5.52. The highest BCUT2D eigenvalue weighted by atomic mass is 35.5. The molecular formula is C13H19ClO3. The molecule has 3 nitrogen and oxygen atoms in total. The van der Waals surface area contributed by atoms with Crippen LogP contribution in [0.3, 0.4) is 0 Å². The summed E-state index contributed by atoms with van der Waals surface area (Å²) in [5, 5.41) is 19.5. The molecule has 0 aliphatic carbocycles. The van der Waals surface area contributed by atoms with Crippen molar-refractivity contribution in [1.82, 2.24) is 0 Å². The Morgan fingerprint density at radius 1 is 1.29 bits per heavy atom. The zero-order chi connectivity index (χ0) is 12.9. The molecule has 0 spiro atoms. The van der Waals surface area contributed by atoms with Gasteiger partial charge in [-0.1, -0.05) is 31.5 Å². The van der Waals surface area contributed by atoms with Crippen LogP contribution in [0.25, 0.3) is 0 Å². The van der Waals surface area contributed by atoms with Gasteiger partial charge in [0.05, 0.1) is 17.2 Å². The van der Waals surface area contributed by atoms with E-state index < -0.39 is 5.60 Å². The minimum atomic E-state index is -0.807. The Kier molecular flexibility index (Phi) is 5.25. The number of benzene rings is 1. The van der Waals surface area contributed by atoms with Crippen LogP contribution >= 0.6 is 11.6 Å². The summed E-state index contributed by atoms with van der Waals surface area (Å²) >= 11 is 6.01. The van der Waals surface area contributed by atoms with Gasteiger partial charge in [0.15, 0.2) is 0 Å². The lowest BCUT2D eigenvalue weighted by Crippen LogP contribution is -2.34. The molecule has 0 fully saturated rings. The quantitative estimate of drug-likeness (QED) is 0.825. The first-order valence-corrected chi connectivity index (χ1v) is 6.17. The summed E-state index contributed by atoms with van der Waals surface area (Å²) in [4.78, 5) is 0. The number of rotatable bonds is 6. The van der Waals surface area contributed by atoms with Crippen molar-refractivity contribution in [2.45, 2.75) is 38.9 Å². The summed E-state index contributed by atoms with van der Waals surface area (Å²) in [6, 6.07) is 5.12. The first-order valence-electron chi connectivity index (χ1n) is 5.79. The van der Waals surface area contributed by atoms with Gasteiger partial charge in [-0.15, -0.1) is 0 Å². The zero-order valence-corrected chi connectivity index (χ0v) is 11.0. The fourth-order valence-corrected chi connectivity index (χ4v) is 1.68. The highest BCUT2D eigenvalue weighted by Gasteiger charge is 2.23. The lowest BCUT2D eigenvalue weighted by Gasteiger charge is -2.25. The second-order valence-corrected chi connectivity index (χ2v) is 4.55. The highest BCUT2D eigenvalue weighted by Crippen LogP contribution is 2.27. The molecule has 0 amide bonds. The first kappa shape index (κ1) is 14.3. The summed E-state index contributed by atoms with van der Waals surface area (Å²) in [6.07, 6.45) is 1.27. The summed E-state index contributed by atoms with van der Waals surface area (Å²) in [6.45, 7) is 4.01. The van der Waals surface area contributed by atoms with Crippen LogP contribution in [0.5, 0.6) is 5.75 Å². The van der Waals surface area contributed by atoms with Crippen LogP contribution < -0.4 is 4.74 Å². The fraction of sp³-hybridized carbons (Fsp3) is 0.538. The van der Waals surface area contributed by atoms with Crippen molar-refractivity contribution in [1.29, 1.82) is 0 Å². The van der Waals surface area contributed by atoms with E-state index in [2.05, 4.69) is 0 Å². The number of hydrogen-bond donors (Lipinski definition) is 2. The first-order chi connectivity index (χ1) is 8.04. The van der Waals surface area contributed by atoms with Gasteiger partial charge in [0.25, 0.3) is 0 Å². The van der Waals surface area contributed by atoms with Crippen LogP contribution in [0.4, 0.5) is 0 Å². The molecule has 4 heteroatoms. The third-order valence-corrected chi connectivity index (χ3v) is 3.29. The maximum atomic E-state index is 10.1. The van der Waals surface area contributed by atoms with Crippen LogP contribution in [-0.4, -0.2) is 22.4 Å². The third kappa shape index (κ3) is 3.87. The molecule has 1 aromatic carbocycles. The zero-order valence-electron chi connectivity index (χ0n) is 10.2. The van der Waals surface area contributed by atoms with Crippen molar-refractivity contribution in [3.63, 3.8) is 0 Å². The second kappa shape index (κ2) is 6.24. The Balaban J connectivity index is 2.69. The number of aliphatic hydroxyl groups is 2. The van der Waals surface area contributed by atoms with Crippen molar-refractivity contribution >= 4 is 11.6 Å². The minimum Gasteiger partial charge on any atom is -0.489 e.